The highest BCUT2D eigenvalue weighted by atomic mass is 32.2. The molecule has 7 heteroatoms. The molecule has 1 amide bonds. The van der Waals surface area contributed by atoms with Crippen molar-refractivity contribution in [3.05, 3.63) is 30.1 Å². The first-order valence-electron chi connectivity index (χ1n) is 8.79. The molecule has 1 aromatic carbocycles. The quantitative estimate of drug-likeness (QED) is 0.824. The predicted molar refractivity (Wildman–Crippen MR) is 92.9 cm³/mol. The van der Waals surface area contributed by atoms with E-state index in [-0.39, 0.29) is 22.3 Å². The Labute approximate surface area is 148 Å². The molecule has 3 rings (SSSR count). The lowest BCUT2D eigenvalue weighted by molar-refractivity contribution is -0.140. The number of benzene rings is 1. The minimum absolute atomic E-state index is 0.100. The van der Waals surface area contributed by atoms with Crippen LogP contribution in [0.25, 0.3) is 0 Å². The second-order valence-electron chi connectivity index (χ2n) is 7.49. The lowest BCUT2D eigenvalue weighted by atomic mass is 9.74. The minimum Gasteiger partial charge on any atom is -0.340 e. The largest absolute Gasteiger partial charge is 0.340 e. The number of amides is 1. The Kier molecular flexibility index (Phi) is 4.90. The smallest absolute Gasteiger partial charge is 0.246 e. The van der Waals surface area contributed by atoms with Crippen molar-refractivity contribution in [3.63, 3.8) is 0 Å². The molecular formula is C18H25FN2O3S. The van der Waals surface area contributed by atoms with E-state index in [4.69, 9.17) is 0 Å². The van der Waals surface area contributed by atoms with E-state index in [0.29, 0.717) is 32.5 Å². The summed E-state index contributed by atoms with van der Waals surface area (Å²) in [6.45, 7) is 5.28. The van der Waals surface area contributed by atoms with Crippen molar-refractivity contribution in [2.24, 2.45) is 5.41 Å². The number of carbonyl (C=O) groups excluding carboxylic acids is 1. The van der Waals surface area contributed by atoms with Gasteiger partial charge < -0.3 is 4.90 Å². The van der Waals surface area contributed by atoms with Crippen LogP contribution in [0.3, 0.4) is 0 Å². The lowest BCUT2D eigenvalue weighted by Gasteiger charge is -2.48. The van der Waals surface area contributed by atoms with Gasteiger partial charge in [0.05, 0.1) is 0 Å². The normalized spacial score (nSPS) is 25.8. The Bertz CT molecular complexity index is 765. The van der Waals surface area contributed by atoms with Crippen molar-refractivity contribution in [1.82, 2.24) is 9.21 Å². The van der Waals surface area contributed by atoms with E-state index in [1.807, 2.05) is 18.7 Å². The van der Waals surface area contributed by atoms with Crippen molar-refractivity contribution in [3.8, 4) is 0 Å². The van der Waals surface area contributed by atoms with Crippen molar-refractivity contribution < 1.29 is 17.6 Å². The highest BCUT2D eigenvalue weighted by Crippen LogP contribution is 2.41. The van der Waals surface area contributed by atoms with Gasteiger partial charge >= 0.3 is 0 Å². The molecule has 1 spiro atoms. The molecule has 25 heavy (non-hydrogen) atoms. The van der Waals surface area contributed by atoms with Gasteiger partial charge in [0.25, 0.3) is 0 Å². The third-order valence-corrected chi connectivity index (χ3v) is 7.28. The van der Waals surface area contributed by atoms with E-state index in [1.165, 1.54) is 28.6 Å². The number of hydrogen-bond acceptors (Lipinski definition) is 3. The van der Waals surface area contributed by atoms with Gasteiger partial charge in [-0.25, -0.2) is 12.8 Å². The molecule has 5 nitrogen and oxygen atoms in total. The summed E-state index contributed by atoms with van der Waals surface area (Å²) < 4.78 is 41.3. The van der Waals surface area contributed by atoms with Gasteiger partial charge in [-0.2, -0.15) is 4.31 Å². The first kappa shape index (κ1) is 18.3. The van der Waals surface area contributed by atoms with Crippen molar-refractivity contribution in [1.29, 1.82) is 0 Å². The van der Waals surface area contributed by atoms with Crippen LogP contribution in [0, 0.1) is 11.2 Å². The van der Waals surface area contributed by atoms with Crippen molar-refractivity contribution >= 4 is 15.9 Å². The van der Waals surface area contributed by atoms with Crippen LogP contribution in [-0.4, -0.2) is 49.2 Å². The lowest BCUT2D eigenvalue weighted by Crippen LogP contribution is -2.56. The van der Waals surface area contributed by atoms with Crippen LogP contribution < -0.4 is 0 Å². The molecule has 0 aliphatic carbocycles. The Morgan fingerprint density at radius 1 is 1.16 bits per heavy atom. The number of piperidine rings is 2. The van der Waals surface area contributed by atoms with E-state index >= 15 is 0 Å². The number of halogens is 1. The predicted octanol–water partition coefficient (Wildman–Crippen LogP) is 2.63. The van der Waals surface area contributed by atoms with Gasteiger partial charge in [0.2, 0.25) is 15.9 Å². The molecule has 0 aromatic heterocycles. The van der Waals surface area contributed by atoms with Crippen LogP contribution >= 0.6 is 0 Å². The summed E-state index contributed by atoms with van der Waals surface area (Å²) in [6, 6.07) is 5.61. The monoisotopic (exact) mass is 368 g/mol. The van der Waals surface area contributed by atoms with E-state index < -0.39 is 15.8 Å². The van der Waals surface area contributed by atoms with Crippen LogP contribution in [0.15, 0.2) is 29.2 Å². The molecule has 2 aliphatic heterocycles. The number of likely N-dealkylation sites (tertiary alicyclic amines) is 1. The maximum Gasteiger partial charge on any atom is 0.246 e. The summed E-state index contributed by atoms with van der Waals surface area (Å²) >= 11 is 0. The van der Waals surface area contributed by atoms with Gasteiger partial charge in [-0.1, -0.05) is 12.1 Å². The number of rotatable bonds is 3. The molecule has 2 aliphatic rings. The highest BCUT2D eigenvalue weighted by molar-refractivity contribution is 7.89. The minimum atomic E-state index is -3.86. The summed E-state index contributed by atoms with van der Waals surface area (Å²) in [5.41, 5.74) is -0.227. The zero-order chi connectivity index (χ0) is 18.2. The fourth-order valence-electron chi connectivity index (χ4n) is 4.01. The second-order valence-corrected chi connectivity index (χ2v) is 9.39. The molecule has 138 valence electrons. The van der Waals surface area contributed by atoms with E-state index in [9.17, 15) is 17.6 Å². The summed E-state index contributed by atoms with van der Waals surface area (Å²) in [5, 5.41) is 0. The first-order chi connectivity index (χ1) is 11.8. The molecule has 0 saturated carbocycles. The van der Waals surface area contributed by atoms with Gasteiger partial charge in [0.1, 0.15) is 10.7 Å². The van der Waals surface area contributed by atoms with E-state index in [0.717, 1.165) is 12.8 Å². The van der Waals surface area contributed by atoms with Gasteiger partial charge in [-0.15, -0.1) is 0 Å². The number of hydrogen-bond donors (Lipinski definition) is 0. The maximum atomic E-state index is 14.0. The average Bonchev–Trinajstić information content (AvgIpc) is 2.57. The fraction of sp³-hybridized carbons (Fsp3) is 0.611. The molecule has 0 N–H and O–H groups in total. The van der Waals surface area contributed by atoms with Crippen LogP contribution in [0.1, 0.15) is 39.5 Å². The Morgan fingerprint density at radius 3 is 2.56 bits per heavy atom. The van der Waals surface area contributed by atoms with Gasteiger partial charge in [0.15, 0.2) is 0 Å². The number of nitrogens with zero attached hydrogens (tertiary/aromatic N) is 2. The second kappa shape index (κ2) is 6.68. The van der Waals surface area contributed by atoms with Gasteiger partial charge in [-0.05, 0) is 45.2 Å². The van der Waals surface area contributed by atoms with Gasteiger partial charge in [0, 0.05) is 37.5 Å². The molecule has 1 unspecified atom stereocenters. The Morgan fingerprint density at radius 2 is 1.88 bits per heavy atom. The summed E-state index contributed by atoms with van der Waals surface area (Å²) in [7, 11) is -3.86. The zero-order valence-corrected chi connectivity index (χ0v) is 15.6. The fourth-order valence-corrected chi connectivity index (χ4v) is 5.67. The van der Waals surface area contributed by atoms with E-state index in [1.54, 1.807) is 0 Å². The van der Waals surface area contributed by atoms with E-state index in [2.05, 4.69) is 0 Å². The van der Waals surface area contributed by atoms with Crippen LogP contribution in [0.5, 0.6) is 0 Å². The number of carbonyl (C=O) groups is 1. The van der Waals surface area contributed by atoms with Crippen LogP contribution in [0.4, 0.5) is 4.39 Å². The number of sulfonamides is 1. The molecule has 1 aromatic rings. The molecule has 1 atom stereocenters. The maximum absolute atomic E-state index is 14.0. The molecule has 2 heterocycles. The molecule has 2 saturated heterocycles. The third-order valence-electron chi connectivity index (χ3n) is 5.40. The third kappa shape index (κ3) is 3.44. The summed E-state index contributed by atoms with van der Waals surface area (Å²) in [5.74, 6) is -0.584. The molecule has 2 fully saturated rings. The summed E-state index contributed by atoms with van der Waals surface area (Å²) in [4.78, 5) is 13.7. The highest BCUT2D eigenvalue weighted by Gasteiger charge is 2.45. The summed E-state index contributed by atoms with van der Waals surface area (Å²) in [6.07, 6.45) is 2.77. The molecular weight excluding hydrogens is 343 g/mol. The molecule has 0 bridgehead atoms. The van der Waals surface area contributed by atoms with Crippen molar-refractivity contribution in [2.75, 3.05) is 19.6 Å². The van der Waals surface area contributed by atoms with Crippen LogP contribution in [0.2, 0.25) is 0 Å². The topological polar surface area (TPSA) is 57.7 Å². The average molecular weight is 368 g/mol. The zero-order valence-electron chi connectivity index (χ0n) is 14.7. The standard InChI is InChI=1S/C18H25FN2O3S/c1-14(2)21-13-18(10-8-17(21)22)9-5-11-20(12-18)25(23,24)16-7-4-3-6-15(16)19/h3-4,6-7,14H,5,8-13H2,1-2H3. The van der Waals surface area contributed by atoms with Gasteiger partial charge in [-0.3, -0.25) is 4.79 Å². The Hall–Kier alpha value is -1.47. The SMILES string of the molecule is CC(C)N1CC2(CCCN(S(=O)(=O)c3ccccc3F)C2)CCC1=O. The van der Waals surface area contributed by atoms with Crippen molar-refractivity contribution in [2.45, 2.75) is 50.5 Å². The Balaban J connectivity index is 1.86. The molecule has 0 radical (unpaired) electrons. The van der Waals surface area contributed by atoms with Crippen LogP contribution in [-0.2, 0) is 14.8 Å². The first-order valence-corrected chi connectivity index (χ1v) is 10.2.